The van der Waals surface area contributed by atoms with E-state index in [4.69, 9.17) is 14.2 Å². The number of esters is 1. The van der Waals surface area contributed by atoms with Gasteiger partial charge in [-0.3, -0.25) is 9.36 Å². The van der Waals surface area contributed by atoms with Crippen LogP contribution in [0.3, 0.4) is 0 Å². The summed E-state index contributed by atoms with van der Waals surface area (Å²) in [5, 5.41) is 1.93. The molecule has 0 spiro atoms. The number of nitrogens with zero attached hydrogens (tertiary/aromatic N) is 2. The fraction of sp³-hybridized carbons (Fsp3) is 0.370. The molecule has 1 aliphatic heterocycles. The van der Waals surface area contributed by atoms with E-state index in [0.29, 0.717) is 38.7 Å². The van der Waals surface area contributed by atoms with Gasteiger partial charge in [-0.1, -0.05) is 36.8 Å². The highest BCUT2D eigenvalue weighted by atomic mass is 32.1. The molecule has 0 fully saturated rings. The number of methoxy groups -OCH3 is 1. The van der Waals surface area contributed by atoms with E-state index in [0.717, 1.165) is 23.3 Å². The molecule has 190 valence electrons. The Kier molecular flexibility index (Phi) is 8.11. The van der Waals surface area contributed by atoms with E-state index in [-0.39, 0.29) is 11.7 Å². The van der Waals surface area contributed by atoms with Gasteiger partial charge in [-0.15, -0.1) is 11.3 Å². The molecule has 0 bridgehead atoms. The van der Waals surface area contributed by atoms with Gasteiger partial charge in [0.15, 0.2) is 16.3 Å². The Morgan fingerprint density at radius 1 is 1.25 bits per heavy atom. The van der Waals surface area contributed by atoms with Crippen LogP contribution in [0.15, 0.2) is 56.8 Å². The van der Waals surface area contributed by atoms with E-state index in [1.54, 1.807) is 32.4 Å². The summed E-state index contributed by atoms with van der Waals surface area (Å²) in [4.78, 5) is 32.8. The third-order valence-electron chi connectivity index (χ3n) is 5.64. The van der Waals surface area contributed by atoms with Crippen LogP contribution >= 0.6 is 22.7 Å². The maximum Gasteiger partial charge on any atom is 0.338 e. The van der Waals surface area contributed by atoms with Crippen molar-refractivity contribution in [3.05, 3.63) is 77.1 Å². The molecule has 7 nitrogen and oxygen atoms in total. The minimum absolute atomic E-state index is 0.207. The molecule has 0 saturated carbocycles. The number of aromatic nitrogens is 1. The molecule has 0 N–H and O–H groups in total. The normalized spacial score (nSPS) is 15.6. The van der Waals surface area contributed by atoms with Crippen molar-refractivity contribution < 1.29 is 19.0 Å². The lowest BCUT2D eigenvalue weighted by Gasteiger charge is -2.24. The molecule has 0 aliphatic carbocycles. The van der Waals surface area contributed by atoms with Crippen molar-refractivity contribution in [2.45, 2.75) is 52.7 Å². The van der Waals surface area contributed by atoms with Gasteiger partial charge in [-0.05, 0) is 62.4 Å². The first-order valence-electron chi connectivity index (χ1n) is 11.9. The number of rotatable bonds is 9. The van der Waals surface area contributed by atoms with Crippen LogP contribution in [0, 0.1) is 0 Å². The first kappa shape index (κ1) is 25.9. The Labute approximate surface area is 218 Å². The maximum absolute atomic E-state index is 13.7. The zero-order chi connectivity index (χ0) is 25.8. The molecular weight excluding hydrogens is 496 g/mol. The lowest BCUT2D eigenvalue weighted by atomic mass is 10.0. The van der Waals surface area contributed by atoms with Gasteiger partial charge < -0.3 is 14.2 Å². The third kappa shape index (κ3) is 5.32. The molecule has 0 saturated heterocycles. The number of ether oxygens (including phenoxy) is 3. The lowest BCUT2D eigenvalue weighted by Crippen LogP contribution is -2.39. The number of thiazole rings is 1. The van der Waals surface area contributed by atoms with Crippen LogP contribution in [0.5, 0.6) is 11.5 Å². The van der Waals surface area contributed by atoms with Crippen LogP contribution in [0.1, 0.15) is 57.0 Å². The van der Waals surface area contributed by atoms with E-state index < -0.39 is 12.0 Å². The number of carbonyl (C=O) groups excluding carboxylic acids is 1. The highest BCUT2D eigenvalue weighted by Gasteiger charge is 2.34. The van der Waals surface area contributed by atoms with Crippen molar-refractivity contribution in [3.63, 3.8) is 0 Å². The fourth-order valence-corrected chi connectivity index (χ4v) is 5.82. The second-order valence-electron chi connectivity index (χ2n) is 8.66. The molecule has 0 unspecified atom stereocenters. The number of hydrogen-bond donors (Lipinski definition) is 0. The molecule has 2 aromatic heterocycles. The van der Waals surface area contributed by atoms with Gasteiger partial charge in [0.2, 0.25) is 0 Å². The van der Waals surface area contributed by atoms with Gasteiger partial charge in [0, 0.05) is 4.88 Å². The molecular formula is C27H30N2O5S2. The van der Waals surface area contributed by atoms with Crippen LogP contribution in [-0.2, 0) is 9.53 Å². The fourth-order valence-electron chi connectivity index (χ4n) is 3.95. The summed E-state index contributed by atoms with van der Waals surface area (Å²) in [7, 11) is 1.60. The quantitative estimate of drug-likeness (QED) is 0.304. The van der Waals surface area contributed by atoms with Gasteiger partial charge in [-0.2, -0.15) is 0 Å². The molecule has 36 heavy (non-hydrogen) atoms. The summed E-state index contributed by atoms with van der Waals surface area (Å²) >= 11 is 2.79. The largest absolute Gasteiger partial charge is 0.493 e. The predicted octanol–water partition coefficient (Wildman–Crippen LogP) is 4.44. The molecule has 4 rings (SSSR count). The van der Waals surface area contributed by atoms with Crippen LogP contribution in [0.25, 0.3) is 6.08 Å². The molecule has 1 aliphatic rings. The number of thiophene rings is 1. The summed E-state index contributed by atoms with van der Waals surface area (Å²) < 4.78 is 19.0. The van der Waals surface area contributed by atoms with Gasteiger partial charge in [0.05, 0.1) is 35.6 Å². The van der Waals surface area contributed by atoms with Crippen LogP contribution in [0.2, 0.25) is 0 Å². The highest BCUT2D eigenvalue weighted by molar-refractivity contribution is 7.10. The van der Waals surface area contributed by atoms with E-state index in [1.165, 1.54) is 22.7 Å². The number of benzene rings is 1. The Hall–Kier alpha value is -3.17. The summed E-state index contributed by atoms with van der Waals surface area (Å²) in [5.41, 5.74) is 1.55. The van der Waals surface area contributed by atoms with Crippen molar-refractivity contribution in [1.29, 1.82) is 0 Å². The van der Waals surface area contributed by atoms with E-state index in [1.807, 2.05) is 41.8 Å². The van der Waals surface area contributed by atoms with Gasteiger partial charge in [0.1, 0.15) is 6.04 Å². The minimum atomic E-state index is -0.585. The van der Waals surface area contributed by atoms with Crippen molar-refractivity contribution in [3.8, 4) is 11.5 Å². The molecule has 3 aromatic rings. The lowest BCUT2D eigenvalue weighted by molar-refractivity contribution is -0.143. The summed E-state index contributed by atoms with van der Waals surface area (Å²) in [6, 6.07) is 8.86. The first-order chi connectivity index (χ1) is 17.3. The summed E-state index contributed by atoms with van der Waals surface area (Å²) in [6.45, 7) is 8.13. The SMILES string of the molecule is CCCCOc1ccc(/C=c2/sc3n(c2=O)[C@H](c2cccs2)C(C(=O)OC(C)C)=C(C)N=3)cc1OC. The van der Waals surface area contributed by atoms with Gasteiger partial charge in [0.25, 0.3) is 5.56 Å². The maximum atomic E-state index is 13.7. The average Bonchev–Trinajstić information content (AvgIpc) is 3.47. The van der Waals surface area contributed by atoms with Crippen LogP contribution < -0.4 is 24.4 Å². The minimum Gasteiger partial charge on any atom is -0.493 e. The molecule has 1 atom stereocenters. The monoisotopic (exact) mass is 526 g/mol. The number of hydrogen-bond acceptors (Lipinski definition) is 8. The van der Waals surface area contributed by atoms with Crippen LogP contribution in [-0.4, -0.2) is 30.4 Å². The highest BCUT2D eigenvalue weighted by Crippen LogP contribution is 2.33. The molecule has 1 aromatic carbocycles. The number of carbonyl (C=O) groups is 1. The zero-order valence-electron chi connectivity index (χ0n) is 21.1. The zero-order valence-corrected chi connectivity index (χ0v) is 22.7. The van der Waals surface area contributed by atoms with Crippen molar-refractivity contribution in [1.82, 2.24) is 4.57 Å². The standard InChI is InChI=1S/C27H30N2O5S2/c1-6-7-12-33-19-11-10-18(14-20(19)32-5)15-22-25(30)29-24(21-9-8-13-35-21)23(26(31)34-16(2)3)17(4)28-27(29)36-22/h8-11,13-16,24H,6-7,12H2,1-5H3/b22-15+/t24-/m1/s1. The Bertz CT molecular complexity index is 1450. The number of unbranched alkanes of at least 4 members (excludes halogenated alkanes) is 1. The number of allylic oxidation sites excluding steroid dienone is 1. The first-order valence-corrected chi connectivity index (χ1v) is 13.6. The van der Waals surface area contributed by atoms with Gasteiger partial charge in [-0.25, -0.2) is 9.79 Å². The van der Waals surface area contributed by atoms with Crippen molar-refractivity contribution in [2.24, 2.45) is 4.99 Å². The topological polar surface area (TPSA) is 79.1 Å². The third-order valence-corrected chi connectivity index (χ3v) is 7.55. The summed E-state index contributed by atoms with van der Waals surface area (Å²) in [5.74, 6) is 0.826. The van der Waals surface area contributed by atoms with E-state index in [2.05, 4.69) is 11.9 Å². The molecule has 3 heterocycles. The van der Waals surface area contributed by atoms with Crippen LogP contribution in [0.4, 0.5) is 0 Å². The molecule has 9 heteroatoms. The smallest absolute Gasteiger partial charge is 0.338 e. The Morgan fingerprint density at radius 3 is 2.72 bits per heavy atom. The van der Waals surface area contributed by atoms with E-state index in [9.17, 15) is 9.59 Å². The second-order valence-corrected chi connectivity index (χ2v) is 10.7. The Morgan fingerprint density at radius 2 is 2.06 bits per heavy atom. The average molecular weight is 527 g/mol. The predicted molar refractivity (Wildman–Crippen MR) is 143 cm³/mol. The molecule has 0 radical (unpaired) electrons. The van der Waals surface area contributed by atoms with E-state index >= 15 is 0 Å². The molecule has 0 amide bonds. The number of fused-ring (bicyclic) bond motifs is 1. The summed E-state index contributed by atoms with van der Waals surface area (Å²) in [6.07, 6.45) is 3.54. The van der Waals surface area contributed by atoms with Gasteiger partial charge >= 0.3 is 5.97 Å². The van der Waals surface area contributed by atoms with Crippen molar-refractivity contribution in [2.75, 3.05) is 13.7 Å². The van der Waals surface area contributed by atoms with Crippen molar-refractivity contribution >= 4 is 34.7 Å². The Balaban J connectivity index is 1.79. The second kappa shape index (κ2) is 11.3.